The number of carbonyl (C=O) groups excluding carboxylic acids is 4. The van der Waals surface area contributed by atoms with Crippen molar-refractivity contribution in [1.82, 2.24) is 4.90 Å². The van der Waals surface area contributed by atoms with Gasteiger partial charge in [0.05, 0.1) is 29.9 Å². The highest BCUT2D eigenvalue weighted by molar-refractivity contribution is 7.15. The quantitative estimate of drug-likeness (QED) is 0.240. The fraction of sp³-hybridized carbons (Fsp3) is 0.667. The molecule has 41 heavy (non-hydrogen) atoms. The van der Waals surface area contributed by atoms with E-state index in [-0.39, 0.29) is 40.3 Å². The molecule has 1 aliphatic heterocycles. The van der Waals surface area contributed by atoms with Crippen LogP contribution in [0.2, 0.25) is 0 Å². The summed E-state index contributed by atoms with van der Waals surface area (Å²) in [7, 11) is 0. The highest BCUT2D eigenvalue weighted by atomic mass is 32.1. The van der Waals surface area contributed by atoms with Crippen LogP contribution in [0.3, 0.4) is 0 Å². The zero-order valence-electron chi connectivity index (χ0n) is 24.9. The van der Waals surface area contributed by atoms with Crippen molar-refractivity contribution in [1.29, 1.82) is 0 Å². The smallest absolute Gasteiger partial charge is 0.431 e. The molecule has 11 heteroatoms. The number of carbonyl (C=O) groups is 4. The molecule has 0 spiro atoms. The average molecular weight is 591 g/mol. The zero-order valence-corrected chi connectivity index (χ0v) is 25.8. The van der Waals surface area contributed by atoms with Crippen LogP contribution < -0.4 is 4.90 Å². The van der Waals surface area contributed by atoms with E-state index in [0.717, 1.165) is 24.2 Å². The highest BCUT2D eigenvalue weighted by Gasteiger charge is 2.34. The van der Waals surface area contributed by atoms with E-state index in [2.05, 4.69) is 18.8 Å². The van der Waals surface area contributed by atoms with Crippen molar-refractivity contribution >= 4 is 41.0 Å². The van der Waals surface area contributed by atoms with Crippen molar-refractivity contribution in [2.45, 2.75) is 73.3 Å². The van der Waals surface area contributed by atoms with Gasteiger partial charge >= 0.3 is 12.1 Å². The first kappa shape index (κ1) is 32.4. The maximum Gasteiger partial charge on any atom is 0.511 e. The summed E-state index contributed by atoms with van der Waals surface area (Å²) < 4.78 is 20.4. The van der Waals surface area contributed by atoms with Gasteiger partial charge in [-0.15, -0.1) is 11.3 Å². The Morgan fingerprint density at radius 2 is 1.76 bits per heavy atom. The third kappa shape index (κ3) is 10.0. The Kier molecular flexibility index (Phi) is 11.6. The fourth-order valence-electron chi connectivity index (χ4n) is 4.52. The molecule has 1 aliphatic carbocycles. The molecule has 1 aromatic heterocycles. The minimum Gasteiger partial charge on any atom is -0.431 e. The predicted molar refractivity (Wildman–Crippen MR) is 155 cm³/mol. The van der Waals surface area contributed by atoms with Crippen molar-refractivity contribution in [2.75, 3.05) is 44.5 Å². The molecule has 10 nitrogen and oxygen atoms in total. The van der Waals surface area contributed by atoms with Gasteiger partial charge in [0, 0.05) is 24.4 Å². The van der Waals surface area contributed by atoms with E-state index in [0.29, 0.717) is 49.9 Å². The number of anilines is 1. The van der Waals surface area contributed by atoms with E-state index in [4.69, 9.17) is 18.9 Å². The second kappa shape index (κ2) is 14.7. The van der Waals surface area contributed by atoms with Crippen LogP contribution in [0.25, 0.3) is 0 Å². The first-order chi connectivity index (χ1) is 19.3. The summed E-state index contributed by atoms with van der Waals surface area (Å²) in [5.41, 5.74) is -0.0241. The van der Waals surface area contributed by atoms with Crippen molar-refractivity contribution in [3.8, 4) is 11.8 Å². The van der Waals surface area contributed by atoms with Crippen LogP contribution in [0.5, 0.6) is 0 Å². The summed E-state index contributed by atoms with van der Waals surface area (Å²) >= 11 is 1.07. The van der Waals surface area contributed by atoms with E-state index in [1.807, 2.05) is 20.8 Å². The molecule has 0 N–H and O–H groups in total. The summed E-state index contributed by atoms with van der Waals surface area (Å²) in [5, 5.41) is 0. The normalized spacial score (nSPS) is 19.1. The van der Waals surface area contributed by atoms with Gasteiger partial charge in [0.1, 0.15) is 11.4 Å². The molecule has 0 atom stereocenters. The first-order valence-corrected chi connectivity index (χ1v) is 15.0. The number of esters is 1. The minimum absolute atomic E-state index is 0.108. The number of hydrogen-bond acceptors (Lipinski definition) is 9. The van der Waals surface area contributed by atoms with Crippen molar-refractivity contribution in [2.24, 2.45) is 17.3 Å². The van der Waals surface area contributed by atoms with Crippen molar-refractivity contribution < 1.29 is 38.1 Å². The molecule has 2 heterocycles. The summed E-state index contributed by atoms with van der Waals surface area (Å²) in [6, 6.07) is 1.67. The Balaban J connectivity index is 1.94. The Morgan fingerprint density at radius 1 is 1.10 bits per heavy atom. The van der Waals surface area contributed by atoms with Crippen LogP contribution in [-0.4, -0.2) is 74.6 Å². The molecule has 1 saturated carbocycles. The van der Waals surface area contributed by atoms with Crippen molar-refractivity contribution in [3.05, 3.63) is 15.8 Å². The van der Waals surface area contributed by atoms with E-state index in [9.17, 15) is 19.2 Å². The van der Waals surface area contributed by atoms with Gasteiger partial charge in [-0.3, -0.25) is 9.59 Å². The lowest BCUT2D eigenvalue weighted by Crippen LogP contribution is -2.49. The third-order valence-electron chi connectivity index (χ3n) is 6.74. The second-order valence-corrected chi connectivity index (χ2v) is 12.9. The summed E-state index contributed by atoms with van der Waals surface area (Å²) in [6.07, 6.45) is 1.93. The standard InChI is InChI=1S/C30H42N2O8S/c1-20(2)40-29(36)39-19-38-28(35)26-24(17-23(41-26)11-12-30(4,5)6)32(18-25(33)31-13-15-37-16-14-31)27(34)22-9-7-21(3)8-10-22/h17,20-22H,7-10,13-16,18-19H2,1-6H3. The van der Waals surface area contributed by atoms with E-state index in [1.54, 1.807) is 24.8 Å². The highest BCUT2D eigenvalue weighted by Crippen LogP contribution is 2.35. The van der Waals surface area contributed by atoms with Crippen LogP contribution in [0, 0.1) is 29.1 Å². The maximum atomic E-state index is 14.0. The van der Waals surface area contributed by atoms with Crippen LogP contribution in [0.4, 0.5) is 10.5 Å². The molecule has 2 amide bonds. The Morgan fingerprint density at radius 3 is 2.37 bits per heavy atom. The van der Waals surface area contributed by atoms with Gasteiger partial charge in [0.15, 0.2) is 0 Å². The number of hydrogen-bond donors (Lipinski definition) is 0. The molecule has 3 rings (SSSR count). The number of rotatable bonds is 8. The molecule has 1 aromatic rings. The summed E-state index contributed by atoms with van der Waals surface area (Å²) in [4.78, 5) is 56.1. The Labute approximate surface area is 246 Å². The third-order valence-corrected chi connectivity index (χ3v) is 7.76. The van der Waals surface area contributed by atoms with Crippen molar-refractivity contribution in [3.63, 3.8) is 0 Å². The largest absolute Gasteiger partial charge is 0.511 e. The monoisotopic (exact) mass is 590 g/mol. The van der Waals surface area contributed by atoms with E-state index >= 15 is 0 Å². The zero-order chi connectivity index (χ0) is 30.2. The van der Waals surface area contributed by atoms with Crippen LogP contribution >= 0.6 is 11.3 Å². The van der Waals surface area contributed by atoms with Gasteiger partial charge in [-0.1, -0.05) is 18.8 Å². The lowest BCUT2D eigenvalue weighted by molar-refractivity contribution is -0.135. The fourth-order valence-corrected chi connectivity index (χ4v) is 5.43. The Bertz CT molecular complexity index is 1150. The first-order valence-electron chi connectivity index (χ1n) is 14.2. The van der Waals surface area contributed by atoms with E-state index < -0.39 is 25.0 Å². The number of nitrogens with zero attached hydrogens (tertiary/aromatic N) is 2. The van der Waals surface area contributed by atoms with Gasteiger partial charge in [-0.05, 0) is 72.3 Å². The molecular formula is C30H42N2O8S. The summed E-state index contributed by atoms with van der Waals surface area (Å²) in [5.74, 6) is 5.32. The molecular weight excluding hydrogens is 548 g/mol. The SMILES string of the molecule is CC1CCC(C(=O)N(CC(=O)N2CCOCC2)c2cc(C#CC(C)(C)C)sc2C(=O)OCOC(=O)OC(C)C)CC1. The lowest BCUT2D eigenvalue weighted by Gasteiger charge is -2.33. The molecule has 0 unspecified atom stereocenters. The Hall–Kier alpha value is -3.10. The molecule has 226 valence electrons. The van der Waals surface area contributed by atoms with Crippen LogP contribution in [0.15, 0.2) is 6.07 Å². The molecule has 2 fully saturated rings. The van der Waals surface area contributed by atoms with Crippen LogP contribution in [-0.2, 0) is 28.5 Å². The average Bonchev–Trinajstić information content (AvgIpc) is 3.34. The van der Waals surface area contributed by atoms with E-state index in [1.165, 1.54) is 4.90 Å². The van der Waals surface area contributed by atoms with Gasteiger partial charge in [0.2, 0.25) is 18.6 Å². The second-order valence-electron chi connectivity index (χ2n) is 11.8. The number of thiophene rings is 1. The number of ether oxygens (including phenoxy) is 4. The molecule has 1 saturated heterocycles. The molecule has 0 bridgehead atoms. The van der Waals surface area contributed by atoms with Gasteiger partial charge < -0.3 is 28.7 Å². The van der Waals surface area contributed by atoms with Crippen LogP contribution in [0.1, 0.15) is 81.8 Å². The predicted octanol–water partition coefficient (Wildman–Crippen LogP) is 4.84. The molecule has 0 radical (unpaired) electrons. The van der Waals surface area contributed by atoms with Gasteiger partial charge in [-0.25, -0.2) is 9.59 Å². The number of amides is 2. The van der Waals surface area contributed by atoms with Gasteiger partial charge in [0.25, 0.3) is 0 Å². The minimum atomic E-state index is -0.963. The maximum absolute atomic E-state index is 14.0. The topological polar surface area (TPSA) is 112 Å². The molecule has 2 aliphatic rings. The summed E-state index contributed by atoms with van der Waals surface area (Å²) in [6.45, 7) is 12.3. The van der Waals surface area contributed by atoms with Gasteiger partial charge in [-0.2, -0.15) is 0 Å². The molecule has 0 aromatic carbocycles. The lowest BCUT2D eigenvalue weighted by atomic mass is 9.82. The number of morpholine rings is 1.